The largest absolute Gasteiger partial charge is 0.269 e. The summed E-state index contributed by atoms with van der Waals surface area (Å²) in [4.78, 5) is 19.9. The molecule has 0 fully saturated rings. The molecular weight excluding hydrogens is 402 g/mol. The van der Waals surface area contributed by atoms with Crippen molar-refractivity contribution in [2.24, 2.45) is 5.10 Å². The molecule has 7 heteroatoms. The van der Waals surface area contributed by atoms with Crippen molar-refractivity contribution in [3.63, 3.8) is 0 Å². The fraction of sp³-hybridized carbons (Fsp3) is 0.0800. The normalized spacial score (nSPS) is 11.2. The predicted molar refractivity (Wildman–Crippen MR) is 127 cm³/mol. The minimum atomic E-state index is -0.420. The molecule has 32 heavy (non-hydrogen) atoms. The Labute approximate surface area is 185 Å². The van der Waals surface area contributed by atoms with Gasteiger partial charge in [-0.25, -0.2) is 15.0 Å². The maximum atomic E-state index is 10.9. The number of anilines is 1. The van der Waals surface area contributed by atoms with Crippen LogP contribution in [0, 0.1) is 10.1 Å². The zero-order valence-electron chi connectivity index (χ0n) is 17.7. The van der Waals surface area contributed by atoms with Crippen molar-refractivity contribution in [1.29, 1.82) is 0 Å². The Bertz CT molecular complexity index is 1200. The van der Waals surface area contributed by atoms with Gasteiger partial charge in [0.1, 0.15) is 0 Å². The molecular formula is C25H21N5O2. The monoisotopic (exact) mass is 423 g/mol. The molecule has 0 aliphatic heterocycles. The van der Waals surface area contributed by atoms with E-state index in [2.05, 4.69) is 5.10 Å². The van der Waals surface area contributed by atoms with Crippen LogP contribution in [0.1, 0.15) is 12.5 Å². The lowest BCUT2D eigenvalue weighted by Crippen LogP contribution is -2.16. The second-order valence-corrected chi connectivity index (χ2v) is 7.18. The summed E-state index contributed by atoms with van der Waals surface area (Å²) in [6.45, 7) is 1.84. The number of rotatable bonds is 6. The van der Waals surface area contributed by atoms with Gasteiger partial charge in [-0.3, -0.25) is 10.1 Å². The van der Waals surface area contributed by atoms with Crippen molar-refractivity contribution in [2.75, 3.05) is 12.1 Å². The summed E-state index contributed by atoms with van der Waals surface area (Å²) in [6.07, 6.45) is 0. The number of nitro benzene ring substituents is 1. The van der Waals surface area contributed by atoms with Gasteiger partial charge in [0.15, 0.2) is 0 Å². The molecule has 0 unspecified atom stereocenters. The summed E-state index contributed by atoms with van der Waals surface area (Å²) in [5, 5.41) is 17.1. The molecule has 0 amide bonds. The van der Waals surface area contributed by atoms with Crippen molar-refractivity contribution < 1.29 is 4.92 Å². The molecule has 0 N–H and O–H groups in total. The minimum absolute atomic E-state index is 0.0429. The molecule has 1 heterocycles. The number of nitrogens with zero attached hydrogens (tertiary/aromatic N) is 5. The van der Waals surface area contributed by atoms with E-state index in [4.69, 9.17) is 9.97 Å². The van der Waals surface area contributed by atoms with Gasteiger partial charge in [-0.15, -0.1) is 0 Å². The van der Waals surface area contributed by atoms with E-state index in [1.807, 2.05) is 73.7 Å². The smallest absolute Gasteiger partial charge is 0.258 e. The maximum absolute atomic E-state index is 10.9. The van der Waals surface area contributed by atoms with Gasteiger partial charge < -0.3 is 0 Å². The van der Waals surface area contributed by atoms with Crippen molar-refractivity contribution in [2.45, 2.75) is 6.92 Å². The van der Waals surface area contributed by atoms with Crippen LogP contribution in [0.4, 0.5) is 11.6 Å². The molecule has 158 valence electrons. The zero-order valence-corrected chi connectivity index (χ0v) is 17.7. The summed E-state index contributed by atoms with van der Waals surface area (Å²) in [5.74, 6) is 0.450. The second kappa shape index (κ2) is 9.18. The molecule has 1 aromatic heterocycles. The number of aromatic nitrogens is 2. The van der Waals surface area contributed by atoms with E-state index in [-0.39, 0.29) is 5.69 Å². The summed E-state index contributed by atoms with van der Waals surface area (Å²) in [5.41, 5.74) is 5.08. The standard InChI is InChI=1S/C25H21N5O2/c1-18(19-13-15-22(16-14-19)30(31)32)28-29(2)25-26-23(20-9-5-3-6-10-20)17-24(27-25)21-11-7-4-8-12-21/h3-17H,1-2H3/b28-18+. The van der Waals surface area contributed by atoms with Crippen LogP contribution in [-0.2, 0) is 0 Å². The van der Waals surface area contributed by atoms with Crippen LogP contribution < -0.4 is 5.01 Å². The molecule has 0 radical (unpaired) electrons. The van der Waals surface area contributed by atoms with E-state index in [1.54, 1.807) is 24.2 Å². The third-order valence-electron chi connectivity index (χ3n) is 4.94. The highest BCUT2D eigenvalue weighted by atomic mass is 16.6. The number of nitro groups is 1. The fourth-order valence-electron chi connectivity index (χ4n) is 3.24. The lowest BCUT2D eigenvalue weighted by atomic mass is 10.1. The molecule has 7 nitrogen and oxygen atoms in total. The molecule has 0 atom stereocenters. The molecule has 0 bridgehead atoms. The molecule has 0 saturated heterocycles. The Morgan fingerprint density at radius 1 is 0.844 bits per heavy atom. The van der Waals surface area contributed by atoms with Crippen LogP contribution in [0.25, 0.3) is 22.5 Å². The summed E-state index contributed by atoms with van der Waals surface area (Å²) in [7, 11) is 1.79. The average molecular weight is 423 g/mol. The minimum Gasteiger partial charge on any atom is -0.258 e. The van der Waals surface area contributed by atoms with E-state index in [1.165, 1.54) is 12.1 Å². The number of benzene rings is 3. The van der Waals surface area contributed by atoms with Crippen molar-refractivity contribution >= 4 is 17.3 Å². The zero-order chi connectivity index (χ0) is 22.5. The van der Waals surface area contributed by atoms with Crippen LogP contribution in [0.2, 0.25) is 0 Å². The Hall–Kier alpha value is -4.39. The van der Waals surface area contributed by atoms with Gasteiger partial charge in [0.25, 0.3) is 5.69 Å². The maximum Gasteiger partial charge on any atom is 0.269 e. The Kier molecular flexibility index (Phi) is 5.98. The Morgan fingerprint density at radius 3 is 1.81 bits per heavy atom. The summed E-state index contributed by atoms with van der Waals surface area (Å²) in [6, 6.07) is 28.1. The Morgan fingerprint density at radius 2 is 1.34 bits per heavy atom. The van der Waals surface area contributed by atoms with Gasteiger partial charge in [-0.05, 0) is 30.7 Å². The Balaban J connectivity index is 1.72. The molecule has 4 aromatic rings. The predicted octanol–water partition coefficient (Wildman–Crippen LogP) is 5.58. The molecule has 0 saturated carbocycles. The van der Waals surface area contributed by atoms with Crippen LogP contribution in [0.3, 0.4) is 0 Å². The molecule has 0 aliphatic rings. The van der Waals surface area contributed by atoms with E-state index in [0.717, 1.165) is 28.1 Å². The summed E-state index contributed by atoms with van der Waals surface area (Å²) < 4.78 is 0. The van der Waals surface area contributed by atoms with Crippen molar-refractivity contribution in [3.8, 4) is 22.5 Å². The van der Waals surface area contributed by atoms with Gasteiger partial charge >= 0.3 is 0 Å². The fourth-order valence-corrected chi connectivity index (χ4v) is 3.24. The van der Waals surface area contributed by atoms with E-state index in [9.17, 15) is 10.1 Å². The van der Waals surface area contributed by atoms with E-state index < -0.39 is 4.92 Å². The SMILES string of the molecule is C/C(=N\N(C)c1nc(-c2ccccc2)cc(-c2ccccc2)n1)c1ccc([N+](=O)[O-])cc1. The molecule has 0 spiro atoms. The first kappa shape index (κ1) is 20.9. The lowest BCUT2D eigenvalue weighted by molar-refractivity contribution is -0.384. The van der Waals surface area contributed by atoms with Crippen LogP contribution >= 0.6 is 0 Å². The van der Waals surface area contributed by atoms with Gasteiger partial charge in [0.2, 0.25) is 5.95 Å². The van der Waals surface area contributed by atoms with E-state index in [0.29, 0.717) is 11.7 Å². The first-order valence-electron chi connectivity index (χ1n) is 10.0. The van der Waals surface area contributed by atoms with Crippen LogP contribution in [-0.4, -0.2) is 27.7 Å². The number of hydrazone groups is 1. The number of hydrogen-bond acceptors (Lipinski definition) is 6. The lowest BCUT2D eigenvalue weighted by Gasteiger charge is -2.15. The third kappa shape index (κ3) is 4.67. The molecule has 3 aromatic carbocycles. The quantitative estimate of drug-likeness (QED) is 0.230. The average Bonchev–Trinajstić information content (AvgIpc) is 2.85. The highest BCUT2D eigenvalue weighted by Gasteiger charge is 2.12. The second-order valence-electron chi connectivity index (χ2n) is 7.18. The van der Waals surface area contributed by atoms with Crippen LogP contribution in [0.15, 0.2) is 96.1 Å². The number of hydrogen-bond donors (Lipinski definition) is 0. The van der Waals surface area contributed by atoms with Gasteiger partial charge in [-0.1, -0.05) is 60.7 Å². The first-order valence-corrected chi connectivity index (χ1v) is 10.0. The van der Waals surface area contributed by atoms with Gasteiger partial charge in [0.05, 0.1) is 22.0 Å². The van der Waals surface area contributed by atoms with Crippen LogP contribution in [0.5, 0.6) is 0 Å². The van der Waals surface area contributed by atoms with Gasteiger partial charge in [-0.2, -0.15) is 5.10 Å². The summed E-state index contributed by atoms with van der Waals surface area (Å²) >= 11 is 0. The molecule has 4 rings (SSSR count). The van der Waals surface area contributed by atoms with Gasteiger partial charge in [0, 0.05) is 30.3 Å². The van der Waals surface area contributed by atoms with E-state index >= 15 is 0 Å². The number of non-ortho nitro benzene ring substituents is 1. The third-order valence-corrected chi connectivity index (χ3v) is 4.94. The topological polar surface area (TPSA) is 84.5 Å². The van der Waals surface area contributed by atoms with Crippen molar-refractivity contribution in [3.05, 3.63) is 107 Å². The highest BCUT2D eigenvalue weighted by Crippen LogP contribution is 2.26. The van der Waals surface area contributed by atoms with Crippen molar-refractivity contribution in [1.82, 2.24) is 9.97 Å². The first-order chi connectivity index (χ1) is 15.5. The molecule has 0 aliphatic carbocycles. The highest BCUT2D eigenvalue weighted by molar-refractivity contribution is 5.99.